The van der Waals surface area contributed by atoms with E-state index in [1.54, 1.807) is 7.11 Å². The van der Waals surface area contributed by atoms with Gasteiger partial charge in [0, 0.05) is 7.11 Å². The SMILES string of the molecule is CCCCCC(OC(C)OC)[Si](C)(C)C. The van der Waals surface area contributed by atoms with Crippen molar-refractivity contribution in [1.82, 2.24) is 0 Å². The van der Waals surface area contributed by atoms with Crippen molar-refractivity contribution in [3.05, 3.63) is 0 Å². The molecule has 0 heterocycles. The third-order valence-corrected chi connectivity index (χ3v) is 5.08. The molecule has 0 bridgehead atoms. The lowest BCUT2D eigenvalue weighted by molar-refractivity contribution is -0.126. The van der Waals surface area contributed by atoms with E-state index in [-0.39, 0.29) is 6.29 Å². The Labute approximate surface area is 96.4 Å². The van der Waals surface area contributed by atoms with Gasteiger partial charge < -0.3 is 9.47 Å². The lowest BCUT2D eigenvalue weighted by Gasteiger charge is -2.31. The average molecular weight is 232 g/mol. The van der Waals surface area contributed by atoms with E-state index in [2.05, 4.69) is 26.6 Å². The van der Waals surface area contributed by atoms with Crippen LogP contribution in [-0.4, -0.2) is 27.2 Å². The quantitative estimate of drug-likeness (QED) is 0.360. The van der Waals surface area contributed by atoms with Crippen molar-refractivity contribution < 1.29 is 9.47 Å². The lowest BCUT2D eigenvalue weighted by Crippen LogP contribution is -2.42. The zero-order valence-electron chi connectivity index (χ0n) is 11.3. The third-order valence-electron chi connectivity index (χ3n) is 2.72. The van der Waals surface area contributed by atoms with Gasteiger partial charge in [0.1, 0.15) is 0 Å². The Bertz CT molecular complexity index is 154. The Morgan fingerprint density at radius 2 is 1.73 bits per heavy atom. The molecule has 0 spiro atoms. The number of methoxy groups -OCH3 is 1. The molecule has 0 radical (unpaired) electrons. The molecule has 0 aromatic heterocycles. The first-order valence-corrected chi connectivity index (χ1v) is 9.67. The van der Waals surface area contributed by atoms with Gasteiger partial charge in [0.2, 0.25) is 0 Å². The van der Waals surface area contributed by atoms with Gasteiger partial charge in [-0.05, 0) is 13.3 Å². The molecule has 0 N–H and O–H groups in total. The van der Waals surface area contributed by atoms with Crippen molar-refractivity contribution in [2.45, 2.75) is 71.2 Å². The molecule has 0 fully saturated rings. The summed E-state index contributed by atoms with van der Waals surface area (Å²) in [5, 5.41) is 0. The summed E-state index contributed by atoms with van der Waals surface area (Å²) >= 11 is 0. The van der Waals surface area contributed by atoms with Crippen molar-refractivity contribution in [2.24, 2.45) is 0 Å². The molecule has 0 saturated heterocycles. The van der Waals surface area contributed by atoms with E-state index in [1.807, 2.05) is 6.92 Å². The minimum Gasteiger partial charge on any atom is -0.356 e. The molecule has 0 aromatic rings. The molecular weight excluding hydrogens is 204 g/mol. The predicted octanol–water partition coefficient (Wildman–Crippen LogP) is 3.82. The Hall–Kier alpha value is 0.137. The second kappa shape index (κ2) is 7.42. The maximum Gasteiger partial charge on any atom is 0.154 e. The van der Waals surface area contributed by atoms with E-state index in [9.17, 15) is 0 Å². The summed E-state index contributed by atoms with van der Waals surface area (Å²) in [5.41, 5.74) is 0.430. The summed E-state index contributed by atoms with van der Waals surface area (Å²) in [7, 11) is 0.488. The molecule has 2 atom stereocenters. The minimum absolute atomic E-state index is 0.0663. The average Bonchev–Trinajstić information content (AvgIpc) is 2.14. The molecule has 0 aliphatic heterocycles. The summed E-state index contributed by atoms with van der Waals surface area (Å²) in [6.45, 7) is 11.3. The van der Waals surface area contributed by atoms with E-state index in [4.69, 9.17) is 9.47 Å². The van der Waals surface area contributed by atoms with E-state index in [0.717, 1.165) is 0 Å². The van der Waals surface area contributed by atoms with Crippen molar-refractivity contribution in [2.75, 3.05) is 7.11 Å². The molecule has 92 valence electrons. The van der Waals surface area contributed by atoms with Crippen molar-refractivity contribution in [3.63, 3.8) is 0 Å². The van der Waals surface area contributed by atoms with Crippen LogP contribution in [0.5, 0.6) is 0 Å². The minimum atomic E-state index is -1.22. The highest BCUT2D eigenvalue weighted by atomic mass is 28.3. The number of ether oxygens (including phenoxy) is 2. The number of hydrogen-bond acceptors (Lipinski definition) is 2. The van der Waals surface area contributed by atoms with E-state index >= 15 is 0 Å². The zero-order chi connectivity index (χ0) is 11.9. The fourth-order valence-electron chi connectivity index (χ4n) is 1.57. The highest BCUT2D eigenvalue weighted by Gasteiger charge is 2.28. The summed E-state index contributed by atoms with van der Waals surface area (Å²) in [4.78, 5) is 0. The molecule has 0 aliphatic carbocycles. The van der Waals surface area contributed by atoms with Crippen LogP contribution in [0.2, 0.25) is 19.6 Å². The molecule has 15 heavy (non-hydrogen) atoms. The van der Waals surface area contributed by atoms with Gasteiger partial charge in [-0.25, -0.2) is 0 Å². The first-order chi connectivity index (χ1) is 6.91. The summed E-state index contributed by atoms with van der Waals surface area (Å²) in [5.74, 6) is 0. The van der Waals surface area contributed by atoms with Gasteiger partial charge >= 0.3 is 0 Å². The van der Waals surface area contributed by atoms with Gasteiger partial charge in [-0.1, -0.05) is 45.8 Å². The van der Waals surface area contributed by atoms with Gasteiger partial charge in [-0.2, -0.15) is 0 Å². The Morgan fingerprint density at radius 3 is 2.13 bits per heavy atom. The van der Waals surface area contributed by atoms with Crippen LogP contribution in [-0.2, 0) is 9.47 Å². The molecular formula is C12H28O2Si. The van der Waals surface area contributed by atoms with Crippen molar-refractivity contribution in [1.29, 1.82) is 0 Å². The molecule has 0 saturated carbocycles. The van der Waals surface area contributed by atoms with Crippen LogP contribution in [0.3, 0.4) is 0 Å². The molecule has 0 aromatic carbocycles. The normalized spacial score (nSPS) is 16.4. The second-order valence-corrected chi connectivity index (χ2v) is 10.7. The van der Waals surface area contributed by atoms with E-state index in [0.29, 0.717) is 5.73 Å². The standard InChI is InChI=1S/C12H28O2Si/c1-7-8-9-10-12(15(4,5)6)14-11(2)13-3/h11-12H,7-10H2,1-6H3. The van der Waals surface area contributed by atoms with Crippen LogP contribution < -0.4 is 0 Å². The molecule has 0 rings (SSSR count). The fraction of sp³-hybridized carbons (Fsp3) is 1.00. The third kappa shape index (κ3) is 7.09. The van der Waals surface area contributed by atoms with Crippen LogP contribution >= 0.6 is 0 Å². The number of rotatable bonds is 8. The largest absolute Gasteiger partial charge is 0.356 e. The first kappa shape index (κ1) is 15.1. The van der Waals surface area contributed by atoms with Crippen LogP contribution in [0.25, 0.3) is 0 Å². The maximum absolute atomic E-state index is 5.95. The molecule has 0 amide bonds. The summed E-state index contributed by atoms with van der Waals surface area (Å²) in [6, 6.07) is 0. The highest BCUT2D eigenvalue weighted by molar-refractivity contribution is 6.77. The first-order valence-electron chi connectivity index (χ1n) is 6.10. The monoisotopic (exact) mass is 232 g/mol. The van der Waals surface area contributed by atoms with Gasteiger partial charge in [-0.15, -0.1) is 0 Å². The summed E-state index contributed by atoms with van der Waals surface area (Å²) in [6.07, 6.45) is 4.99. The molecule has 0 aliphatic rings. The fourth-order valence-corrected chi connectivity index (χ4v) is 3.24. The Balaban J connectivity index is 4.08. The summed E-state index contributed by atoms with van der Waals surface area (Å²) < 4.78 is 11.1. The van der Waals surface area contributed by atoms with Crippen molar-refractivity contribution >= 4 is 8.07 Å². The lowest BCUT2D eigenvalue weighted by atomic mass is 10.2. The van der Waals surface area contributed by atoms with E-state index < -0.39 is 8.07 Å². The highest BCUT2D eigenvalue weighted by Crippen LogP contribution is 2.19. The van der Waals surface area contributed by atoms with Crippen LogP contribution in [0, 0.1) is 0 Å². The van der Waals surface area contributed by atoms with Gasteiger partial charge in [-0.3, -0.25) is 0 Å². The van der Waals surface area contributed by atoms with Crippen molar-refractivity contribution in [3.8, 4) is 0 Å². The van der Waals surface area contributed by atoms with Crippen LogP contribution in [0.15, 0.2) is 0 Å². The zero-order valence-corrected chi connectivity index (χ0v) is 12.3. The number of hydrogen-bond donors (Lipinski definition) is 0. The predicted molar refractivity (Wildman–Crippen MR) is 68.8 cm³/mol. The second-order valence-electron chi connectivity index (χ2n) is 5.29. The van der Waals surface area contributed by atoms with Crippen LogP contribution in [0.1, 0.15) is 39.5 Å². The van der Waals surface area contributed by atoms with Gasteiger partial charge in [0.05, 0.1) is 13.8 Å². The van der Waals surface area contributed by atoms with Crippen LogP contribution in [0.4, 0.5) is 0 Å². The number of unbranched alkanes of at least 4 members (excludes halogenated alkanes) is 2. The topological polar surface area (TPSA) is 18.5 Å². The maximum atomic E-state index is 5.95. The van der Waals surface area contributed by atoms with Gasteiger partial charge in [0.25, 0.3) is 0 Å². The van der Waals surface area contributed by atoms with E-state index in [1.165, 1.54) is 25.7 Å². The van der Waals surface area contributed by atoms with Gasteiger partial charge in [0.15, 0.2) is 6.29 Å². The smallest absolute Gasteiger partial charge is 0.154 e. The Kier molecular flexibility index (Phi) is 7.48. The molecule has 2 unspecified atom stereocenters. The molecule has 3 heteroatoms. The molecule has 2 nitrogen and oxygen atoms in total. The Morgan fingerprint density at radius 1 is 1.13 bits per heavy atom.